The van der Waals surface area contributed by atoms with Crippen LogP contribution in [0.2, 0.25) is 0 Å². The van der Waals surface area contributed by atoms with Crippen molar-refractivity contribution < 1.29 is 23.9 Å². The Labute approximate surface area is 171 Å². The highest BCUT2D eigenvalue weighted by molar-refractivity contribution is 5.98. The van der Waals surface area contributed by atoms with E-state index in [1.807, 2.05) is 12.1 Å². The predicted molar refractivity (Wildman–Crippen MR) is 109 cm³/mol. The van der Waals surface area contributed by atoms with Crippen LogP contribution in [-0.4, -0.2) is 36.3 Å². The number of hydrogen-bond acceptors (Lipinski definition) is 5. The van der Waals surface area contributed by atoms with Gasteiger partial charge in [-0.2, -0.15) is 0 Å². The van der Waals surface area contributed by atoms with Crippen molar-refractivity contribution >= 4 is 23.7 Å². The summed E-state index contributed by atoms with van der Waals surface area (Å²) in [5.74, 6) is -1.49. The number of Topliss-reactive ketones (excluding diaryl/α,β-unsaturated/α-hetero) is 1. The summed E-state index contributed by atoms with van der Waals surface area (Å²) in [7, 11) is 0. The first-order chi connectivity index (χ1) is 14.0. The Morgan fingerprint density at radius 1 is 1.00 bits per heavy atom. The van der Waals surface area contributed by atoms with Crippen LogP contribution >= 0.6 is 0 Å². The molecule has 0 heterocycles. The lowest BCUT2D eigenvalue weighted by molar-refractivity contribution is -0.148. The third kappa shape index (κ3) is 8.46. The Balaban J connectivity index is 1.63. The molecule has 0 saturated heterocycles. The van der Waals surface area contributed by atoms with Crippen molar-refractivity contribution in [3.63, 3.8) is 0 Å². The highest BCUT2D eigenvalue weighted by Gasteiger charge is 2.18. The number of nitrogens with one attached hydrogen (secondary N) is 2. The van der Waals surface area contributed by atoms with Crippen molar-refractivity contribution in [2.45, 2.75) is 70.8 Å². The molecule has 7 heteroatoms. The minimum absolute atomic E-state index is 0.00967. The molecule has 2 rings (SSSR count). The Kier molecular flexibility index (Phi) is 9.34. The fourth-order valence-electron chi connectivity index (χ4n) is 3.36. The molecule has 0 bridgehead atoms. The molecule has 2 N–H and O–H groups in total. The third-order valence-electron chi connectivity index (χ3n) is 4.93. The largest absolute Gasteiger partial charge is 0.456 e. The fourth-order valence-corrected chi connectivity index (χ4v) is 3.36. The van der Waals surface area contributed by atoms with E-state index >= 15 is 0 Å². The maximum absolute atomic E-state index is 12.2. The third-order valence-corrected chi connectivity index (χ3v) is 4.93. The first kappa shape index (κ1) is 22.6. The molecule has 7 nitrogen and oxygen atoms in total. The van der Waals surface area contributed by atoms with Crippen LogP contribution in [-0.2, 0) is 20.7 Å². The van der Waals surface area contributed by atoms with Crippen LogP contribution in [0.4, 0.5) is 4.79 Å². The molecule has 1 aliphatic carbocycles. The van der Waals surface area contributed by atoms with Gasteiger partial charge in [0.2, 0.25) is 0 Å². The summed E-state index contributed by atoms with van der Waals surface area (Å²) in [6.45, 7) is 1.55. The summed E-state index contributed by atoms with van der Waals surface area (Å²) in [4.78, 5) is 47.4. The first-order valence-corrected chi connectivity index (χ1v) is 10.4. The van der Waals surface area contributed by atoms with Crippen LogP contribution in [0.1, 0.15) is 74.2 Å². The van der Waals surface area contributed by atoms with Crippen LogP contribution in [0.15, 0.2) is 24.3 Å². The minimum Gasteiger partial charge on any atom is -0.456 e. The number of benzene rings is 1. The lowest BCUT2D eigenvalue weighted by Gasteiger charge is -2.22. The molecule has 1 aliphatic rings. The first-order valence-electron chi connectivity index (χ1n) is 10.4. The number of ketones is 1. The van der Waals surface area contributed by atoms with Gasteiger partial charge in [0, 0.05) is 18.0 Å². The van der Waals surface area contributed by atoms with Crippen molar-refractivity contribution in [1.82, 2.24) is 10.6 Å². The summed E-state index contributed by atoms with van der Waals surface area (Å²) < 4.78 is 4.85. The highest BCUT2D eigenvalue weighted by atomic mass is 16.5. The molecule has 1 fully saturated rings. The van der Waals surface area contributed by atoms with Gasteiger partial charge in [0.15, 0.2) is 12.4 Å². The average molecular weight is 402 g/mol. The number of ether oxygens (including phenoxy) is 1. The van der Waals surface area contributed by atoms with Gasteiger partial charge in [0.05, 0.1) is 6.42 Å². The monoisotopic (exact) mass is 402 g/mol. The molecule has 1 aromatic carbocycles. The maximum Gasteiger partial charge on any atom is 0.321 e. The molecule has 29 heavy (non-hydrogen) atoms. The summed E-state index contributed by atoms with van der Waals surface area (Å²) >= 11 is 0. The van der Waals surface area contributed by atoms with Crippen molar-refractivity contribution in [3.8, 4) is 0 Å². The number of amides is 3. The van der Waals surface area contributed by atoms with E-state index < -0.39 is 24.5 Å². The van der Waals surface area contributed by atoms with Crippen molar-refractivity contribution in [2.75, 3.05) is 6.61 Å². The molecule has 3 amide bonds. The minimum atomic E-state index is -0.690. The summed E-state index contributed by atoms with van der Waals surface area (Å²) in [6, 6.07) is 6.87. The lowest BCUT2D eigenvalue weighted by Crippen LogP contribution is -2.46. The van der Waals surface area contributed by atoms with Crippen LogP contribution in [0.25, 0.3) is 0 Å². The number of esters is 1. The zero-order valence-corrected chi connectivity index (χ0v) is 17.0. The number of carbonyl (C=O) groups is 4. The number of hydrogen-bond donors (Lipinski definition) is 2. The molecule has 0 aliphatic heterocycles. The highest BCUT2D eigenvalue weighted by Crippen LogP contribution is 2.17. The SMILES string of the molecule is CCCc1ccc(C(=O)CCC(=O)OCC(=O)NC(=O)NC2CCCCC2)cc1. The van der Waals surface area contributed by atoms with Crippen LogP contribution < -0.4 is 10.6 Å². The van der Waals surface area contributed by atoms with Crippen LogP contribution in [0, 0.1) is 0 Å². The molecule has 0 atom stereocenters. The van der Waals surface area contributed by atoms with Crippen molar-refractivity contribution in [1.29, 1.82) is 0 Å². The lowest BCUT2D eigenvalue weighted by atomic mass is 9.96. The number of rotatable bonds is 9. The Hall–Kier alpha value is -2.70. The molecule has 0 spiro atoms. The van der Waals surface area contributed by atoms with Gasteiger partial charge in [0.1, 0.15) is 0 Å². The van der Waals surface area contributed by atoms with Crippen molar-refractivity contribution in [3.05, 3.63) is 35.4 Å². The second-order valence-corrected chi connectivity index (χ2v) is 7.39. The molecule has 0 radical (unpaired) electrons. The molecule has 1 aromatic rings. The zero-order valence-electron chi connectivity index (χ0n) is 17.0. The fraction of sp³-hybridized carbons (Fsp3) is 0.545. The van der Waals surface area contributed by atoms with Gasteiger partial charge in [0.25, 0.3) is 5.91 Å². The number of carbonyl (C=O) groups excluding carboxylic acids is 4. The van der Waals surface area contributed by atoms with Gasteiger partial charge in [-0.1, -0.05) is 56.9 Å². The van der Waals surface area contributed by atoms with Gasteiger partial charge in [-0.25, -0.2) is 4.79 Å². The van der Waals surface area contributed by atoms with E-state index in [0.29, 0.717) is 5.56 Å². The molecule has 0 unspecified atom stereocenters. The topological polar surface area (TPSA) is 102 Å². The normalized spacial score (nSPS) is 14.1. The molecule has 158 valence electrons. The second-order valence-electron chi connectivity index (χ2n) is 7.39. The van der Waals surface area contributed by atoms with E-state index in [9.17, 15) is 19.2 Å². The predicted octanol–water partition coefficient (Wildman–Crippen LogP) is 3.30. The number of imide groups is 1. The quantitative estimate of drug-likeness (QED) is 0.487. The molecule has 1 saturated carbocycles. The average Bonchev–Trinajstić information content (AvgIpc) is 2.72. The second kappa shape index (κ2) is 12.0. The van der Waals surface area contributed by atoms with Gasteiger partial charge < -0.3 is 10.1 Å². The van der Waals surface area contributed by atoms with Crippen LogP contribution in [0.3, 0.4) is 0 Å². The van der Waals surface area contributed by atoms with Gasteiger partial charge in [-0.05, 0) is 24.8 Å². The van der Waals surface area contributed by atoms with Crippen LogP contribution in [0.5, 0.6) is 0 Å². The zero-order chi connectivity index (χ0) is 21.1. The van der Waals surface area contributed by atoms with Gasteiger partial charge >= 0.3 is 12.0 Å². The molecule has 0 aromatic heterocycles. The van der Waals surface area contributed by atoms with E-state index in [1.54, 1.807) is 12.1 Å². The van der Waals surface area contributed by atoms with E-state index in [4.69, 9.17) is 4.74 Å². The summed E-state index contributed by atoms with van der Waals surface area (Å²) in [6.07, 6.45) is 7.01. The van der Waals surface area contributed by atoms with E-state index in [1.165, 1.54) is 12.0 Å². The number of aryl methyl sites for hydroxylation is 1. The van der Waals surface area contributed by atoms with E-state index in [-0.39, 0.29) is 24.7 Å². The van der Waals surface area contributed by atoms with Crippen molar-refractivity contribution in [2.24, 2.45) is 0 Å². The molecular weight excluding hydrogens is 372 g/mol. The smallest absolute Gasteiger partial charge is 0.321 e. The van der Waals surface area contributed by atoms with Gasteiger partial charge in [-0.15, -0.1) is 0 Å². The Morgan fingerprint density at radius 2 is 1.69 bits per heavy atom. The van der Waals surface area contributed by atoms with Gasteiger partial charge in [-0.3, -0.25) is 19.7 Å². The van der Waals surface area contributed by atoms with E-state index in [0.717, 1.165) is 38.5 Å². The van der Waals surface area contributed by atoms with E-state index in [2.05, 4.69) is 17.6 Å². The Morgan fingerprint density at radius 3 is 2.34 bits per heavy atom. The summed E-state index contributed by atoms with van der Waals surface area (Å²) in [5, 5.41) is 4.91. The summed E-state index contributed by atoms with van der Waals surface area (Å²) in [5.41, 5.74) is 1.72. The standard InChI is InChI=1S/C22H30N2O5/c1-2-6-16-9-11-17(12-10-16)19(25)13-14-21(27)29-15-20(26)24-22(28)23-18-7-4-3-5-8-18/h9-12,18H,2-8,13-15H2,1H3,(H2,23,24,26,28). The molecular formula is C22H30N2O5. The number of urea groups is 1. The Bertz CT molecular complexity index is 708. The maximum atomic E-state index is 12.2.